The molecule has 5 heteroatoms. The molecule has 3 rings (SSSR count). The minimum absolute atomic E-state index is 0.365. The molecule has 2 aliphatic heterocycles. The van der Waals surface area contributed by atoms with Gasteiger partial charge in [0.2, 0.25) is 0 Å². The molecule has 2 heterocycles. The maximum atomic E-state index is 5.63. The number of benzene rings is 1. The quantitative estimate of drug-likeness (QED) is 0.679. The zero-order valence-corrected chi connectivity index (χ0v) is 15.2. The van der Waals surface area contributed by atoms with Gasteiger partial charge >= 0.3 is 0 Å². The van der Waals surface area contributed by atoms with Gasteiger partial charge in [0.15, 0.2) is 5.96 Å². The molecule has 0 aromatic heterocycles. The van der Waals surface area contributed by atoms with Crippen molar-refractivity contribution in [3.63, 3.8) is 0 Å². The van der Waals surface area contributed by atoms with Crippen LogP contribution in [0.1, 0.15) is 19.8 Å². The number of hydrogen-bond donors (Lipinski definition) is 1. The van der Waals surface area contributed by atoms with Crippen molar-refractivity contribution < 1.29 is 4.74 Å². The monoisotopic (exact) mass is 330 g/mol. The minimum atomic E-state index is 0.365. The van der Waals surface area contributed by atoms with Crippen molar-refractivity contribution in [3.05, 3.63) is 30.3 Å². The van der Waals surface area contributed by atoms with Crippen molar-refractivity contribution >= 4 is 11.6 Å². The van der Waals surface area contributed by atoms with E-state index in [1.54, 1.807) is 0 Å². The Morgan fingerprint density at radius 3 is 2.83 bits per heavy atom. The number of para-hydroxylation sites is 1. The van der Waals surface area contributed by atoms with E-state index in [2.05, 4.69) is 64.4 Å². The van der Waals surface area contributed by atoms with E-state index in [-0.39, 0.29) is 0 Å². The van der Waals surface area contributed by atoms with Crippen LogP contribution >= 0.6 is 0 Å². The predicted octanol–water partition coefficient (Wildman–Crippen LogP) is 2.20. The molecule has 1 aromatic carbocycles. The number of likely N-dealkylation sites (tertiary alicyclic amines) is 1. The van der Waals surface area contributed by atoms with Gasteiger partial charge in [-0.2, -0.15) is 0 Å². The molecule has 2 atom stereocenters. The first kappa shape index (κ1) is 17.1. The standard InChI is InChI=1S/C19H30N4O/c1-16(22(3)17-7-5-4-6-8-17)13-21-18(20-2)23-11-9-19(14-23)10-12-24-15-19/h4-8,16H,9-15H2,1-3H3,(H,20,21). The van der Waals surface area contributed by atoms with Gasteiger partial charge in [-0.15, -0.1) is 0 Å². The molecule has 0 saturated carbocycles. The molecule has 2 unspecified atom stereocenters. The zero-order chi connectivity index (χ0) is 17.0. The van der Waals surface area contributed by atoms with E-state index in [1.165, 1.54) is 18.5 Å². The van der Waals surface area contributed by atoms with Crippen molar-refractivity contribution in [3.8, 4) is 0 Å². The second-order valence-electron chi connectivity index (χ2n) is 7.20. The second kappa shape index (κ2) is 7.43. The molecular weight excluding hydrogens is 300 g/mol. The summed E-state index contributed by atoms with van der Waals surface area (Å²) in [5, 5.41) is 3.56. The first-order valence-electron chi connectivity index (χ1n) is 8.95. The third kappa shape index (κ3) is 3.66. The Kier molecular flexibility index (Phi) is 5.29. The number of rotatable bonds is 4. The molecule has 0 aliphatic carbocycles. The highest BCUT2D eigenvalue weighted by Crippen LogP contribution is 2.38. The van der Waals surface area contributed by atoms with Gasteiger partial charge in [-0.25, -0.2) is 0 Å². The van der Waals surface area contributed by atoms with E-state index in [4.69, 9.17) is 4.74 Å². The van der Waals surface area contributed by atoms with Crippen LogP contribution in [0.15, 0.2) is 35.3 Å². The molecule has 0 bridgehead atoms. The van der Waals surface area contributed by atoms with E-state index in [1.807, 2.05) is 7.05 Å². The fraction of sp³-hybridized carbons (Fsp3) is 0.632. The highest BCUT2D eigenvalue weighted by atomic mass is 16.5. The molecule has 2 fully saturated rings. The van der Waals surface area contributed by atoms with Crippen molar-refractivity contribution in [2.75, 3.05) is 51.8 Å². The van der Waals surface area contributed by atoms with Crippen LogP contribution in [0.25, 0.3) is 0 Å². The fourth-order valence-electron chi connectivity index (χ4n) is 3.71. The molecule has 5 nitrogen and oxygen atoms in total. The van der Waals surface area contributed by atoms with Gasteiger partial charge in [-0.1, -0.05) is 18.2 Å². The molecule has 1 aromatic rings. The topological polar surface area (TPSA) is 40.1 Å². The maximum Gasteiger partial charge on any atom is 0.193 e. The van der Waals surface area contributed by atoms with Crippen molar-refractivity contribution in [1.82, 2.24) is 10.2 Å². The van der Waals surface area contributed by atoms with E-state index in [0.29, 0.717) is 11.5 Å². The van der Waals surface area contributed by atoms with Crippen LogP contribution in [-0.4, -0.2) is 63.8 Å². The summed E-state index contributed by atoms with van der Waals surface area (Å²) in [6.07, 6.45) is 2.40. The lowest BCUT2D eigenvalue weighted by Crippen LogP contribution is -2.46. The Bertz CT molecular complexity index is 554. The maximum absolute atomic E-state index is 5.63. The SMILES string of the molecule is CN=C(NCC(C)N(C)c1ccccc1)N1CCC2(CCOC2)C1. The molecule has 0 amide bonds. The van der Waals surface area contributed by atoms with Crippen molar-refractivity contribution in [2.24, 2.45) is 10.4 Å². The van der Waals surface area contributed by atoms with Gasteiger partial charge in [-0.3, -0.25) is 4.99 Å². The van der Waals surface area contributed by atoms with Gasteiger partial charge in [0.05, 0.1) is 6.61 Å². The normalized spacial score (nSPS) is 25.3. The lowest BCUT2D eigenvalue weighted by Gasteiger charge is -2.30. The summed E-state index contributed by atoms with van der Waals surface area (Å²) in [5.41, 5.74) is 1.61. The van der Waals surface area contributed by atoms with Crippen LogP contribution in [0, 0.1) is 5.41 Å². The number of aliphatic imine (C=N–C) groups is 1. The van der Waals surface area contributed by atoms with Crippen LogP contribution in [0.4, 0.5) is 5.69 Å². The van der Waals surface area contributed by atoms with Gasteiger partial charge in [-0.05, 0) is 31.9 Å². The highest BCUT2D eigenvalue weighted by molar-refractivity contribution is 5.80. The molecule has 0 radical (unpaired) electrons. The smallest absolute Gasteiger partial charge is 0.193 e. The van der Waals surface area contributed by atoms with Gasteiger partial charge in [0, 0.05) is 57.5 Å². The average molecular weight is 330 g/mol. The lowest BCUT2D eigenvalue weighted by atomic mass is 9.87. The van der Waals surface area contributed by atoms with E-state index < -0.39 is 0 Å². The third-order valence-electron chi connectivity index (χ3n) is 5.51. The Balaban J connectivity index is 1.53. The number of nitrogens with one attached hydrogen (secondary N) is 1. The summed E-state index contributed by atoms with van der Waals surface area (Å²) in [6, 6.07) is 10.9. The van der Waals surface area contributed by atoms with Gasteiger partial charge in [0.25, 0.3) is 0 Å². The van der Waals surface area contributed by atoms with Crippen LogP contribution < -0.4 is 10.2 Å². The second-order valence-corrected chi connectivity index (χ2v) is 7.20. The minimum Gasteiger partial charge on any atom is -0.381 e. The summed E-state index contributed by atoms with van der Waals surface area (Å²) in [7, 11) is 4.02. The number of hydrogen-bond acceptors (Lipinski definition) is 3. The Labute approximate surface area is 145 Å². The summed E-state index contributed by atoms with van der Waals surface area (Å²) >= 11 is 0. The third-order valence-corrected chi connectivity index (χ3v) is 5.51. The molecular formula is C19H30N4O. The van der Waals surface area contributed by atoms with Crippen LogP contribution in [-0.2, 0) is 4.74 Å². The largest absolute Gasteiger partial charge is 0.381 e. The predicted molar refractivity (Wildman–Crippen MR) is 99.7 cm³/mol. The zero-order valence-electron chi connectivity index (χ0n) is 15.2. The molecule has 132 valence electrons. The Hall–Kier alpha value is -1.75. The Morgan fingerprint density at radius 1 is 1.38 bits per heavy atom. The number of guanidine groups is 1. The van der Waals surface area contributed by atoms with Crippen LogP contribution in [0.3, 0.4) is 0 Å². The molecule has 1 N–H and O–H groups in total. The van der Waals surface area contributed by atoms with Gasteiger partial charge < -0.3 is 19.9 Å². The summed E-state index contributed by atoms with van der Waals surface area (Å²) in [4.78, 5) is 9.20. The van der Waals surface area contributed by atoms with Crippen molar-refractivity contribution in [2.45, 2.75) is 25.8 Å². The number of nitrogens with zero attached hydrogens (tertiary/aromatic N) is 3. The number of ether oxygens (including phenoxy) is 1. The number of likely N-dealkylation sites (N-methyl/N-ethyl adjacent to an activating group) is 1. The molecule has 2 saturated heterocycles. The molecule has 2 aliphatic rings. The van der Waals surface area contributed by atoms with Crippen LogP contribution in [0.2, 0.25) is 0 Å². The first-order chi connectivity index (χ1) is 11.6. The molecule has 1 spiro atoms. The lowest BCUT2D eigenvalue weighted by molar-refractivity contribution is 0.156. The van der Waals surface area contributed by atoms with E-state index in [9.17, 15) is 0 Å². The summed E-state index contributed by atoms with van der Waals surface area (Å²) < 4.78 is 5.63. The van der Waals surface area contributed by atoms with Gasteiger partial charge in [0.1, 0.15) is 0 Å². The summed E-state index contributed by atoms with van der Waals surface area (Å²) in [5.74, 6) is 1.02. The average Bonchev–Trinajstić information content (AvgIpc) is 3.26. The number of anilines is 1. The van der Waals surface area contributed by atoms with E-state index in [0.717, 1.165) is 38.8 Å². The van der Waals surface area contributed by atoms with Crippen molar-refractivity contribution in [1.29, 1.82) is 0 Å². The highest BCUT2D eigenvalue weighted by Gasteiger charge is 2.42. The summed E-state index contributed by atoms with van der Waals surface area (Å²) in [6.45, 7) is 7.08. The van der Waals surface area contributed by atoms with E-state index >= 15 is 0 Å². The molecule has 24 heavy (non-hydrogen) atoms. The first-order valence-corrected chi connectivity index (χ1v) is 8.95. The Morgan fingerprint density at radius 2 is 2.17 bits per heavy atom. The fourth-order valence-corrected chi connectivity index (χ4v) is 3.71. The van der Waals surface area contributed by atoms with Crippen LogP contribution in [0.5, 0.6) is 0 Å².